The third-order valence-electron chi connectivity index (χ3n) is 8.79. The molecule has 0 unspecified atom stereocenters. The van der Waals surface area contributed by atoms with Crippen molar-refractivity contribution in [3.05, 3.63) is 82.8 Å². The van der Waals surface area contributed by atoms with E-state index in [2.05, 4.69) is 62.1 Å². The number of esters is 1. The quantitative estimate of drug-likeness (QED) is 0.150. The van der Waals surface area contributed by atoms with Crippen LogP contribution in [0.25, 0.3) is 21.5 Å². The number of hydrogen-bond donors (Lipinski definition) is 0. The SMILES string of the molecule is CC(C)(C)OC(=O)N1CCN(c2ccc(Br)c3ccccc23)CC1.CCOC(=O)c1ccc(N2CCN(C(=O)OC(C)(C)C)CC2)c2ccccc12. The number of anilines is 2. The van der Waals surface area contributed by atoms with Gasteiger partial charge in [-0.1, -0.05) is 64.5 Å². The maximum absolute atomic E-state index is 12.3. The van der Waals surface area contributed by atoms with E-state index in [1.807, 2.05) is 77.9 Å². The average Bonchev–Trinajstić information content (AvgIpc) is 3.10. The molecule has 2 aliphatic heterocycles. The van der Waals surface area contributed by atoms with Crippen LogP contribution in [0.1, 0.15) is 58.8 Å². The molecular weight excluding hydrogens is 724 g/mol. The van der Waals surface area contributed by atoms with E-state index < -0.39 is 11.2 Å². The number of nitrogens with zero attached hydrogens (tertiary/aromatic N) is 4. The molecule has 0 aromatic heterocycles. The van der Waals surface area contributed by atoms with Gasteiger partial charge >= 0.3 is 18.2 Å². The first kappa shape index (κ1) is 38.7. The highest BCUT2D eigenvalue weighted by Gasteiger charge is 2.28. The van der Waals surface area contributed by atoms with Crippen LogP contribution in [-0.2, 0) is 14.2 Å². The summed E-state index contributed by atoms with van der Waals surface area (Å²) in [7, 11) is 0. The lowest BCUT2D eigenvalue weighted by Crippen LogP contribution is -2.50. The number of carbonyl (C=O) groups is 3. The molecule has 2 fully saturated rings. The van der Waals surface area contributed by atoms with E-state index in [0.717, 1.165) is 34.0 Å². The van der Waals surface area contributed by atoms with Gasteiger partial charge in [0.1, 0.15) is 11.2 Å². The Morgan fingerprint density at radius 1 is 0.577 bits per heavy atom. The van der Waals surface area contributed by atoms with Crippen molar-refractivity contribution in [1.29, 1.82) is 0 Å². The highest BCUT2D eigenvalue weighted by Crippen LogP contribution is 2.33. The van der Waals surface area contributed by atoms with Gasteiger partial charge < -0.3 is 33.8 Å². The molecule has 0 saturated carbocycles. The number of hydrogen-bond acceptors (Lipinski definition) is 8. The van der Waals surface area contributed by atoms with Crippen molar-refractivity contribution in [3.8, 4) is 0 Å². The maximum Gasteiger partial charge on any atom is 0.410 e. The summed E-state index contributed by atoms with van der Waals surface area (Å²) in [5.74, 6) is -0.306. The van der Waals surface area contributed by atoms with Crippen molar-refractivity contribution in [2.45, 2.75) is 59.7 Å². The second kappa shape index (κ2) is 16.4. The zero-order valence-corrected chi connectivity index (χ0v) is 33.0. The Balaban J connectivity index is 0.000000203. The number of amides is 2. The van der Waals surface area contributed by atoms with E-state index in [9.17, 15) is 14.4 Å². The van der Waals surface area contributed by atoms with Crippen LogP contribution in [0.2, 0.25) is 0 Å². The molecule has 278 valence electrons. The van der Waals surface area contributed by atoms with Crippen molar-refractivity contribution in [1.82, 2.24) is 9.80 Å². The Hall–Kier alpha value is -4.51. The molecule has 52 heavy (non-hydrogen) atoms. The Morgan fingerprint density at radius 2 is 0.981 bits per heavy atom. The van der Waals surface area contributed by atoms with Crippen molar-refractivity contribution >= 4 is 67.0 Å². The number of halogens is 1. The Kier molecular flexibility index (Phi) is 12.2. The summed E-state index contributed by atoms with van der Waals surface area (Å²) in [5.41, 5.74) is 1.92. The van der Waals surface area contributed by atoms with Gasteiger partial charge in [-0.2, -0.15) is 0 Å². The third-order valence-corrected chi connectivity index (χ3v) is 9.48. The molecule has 0 N–H and O–H groups in total. The largest absolute Gasteiger partial charge is 0.462 e. The number of ether oxygens (including phenoxy) is 3. The van der Waals surface area contributed by atoms with Gasteiger partial charge in [0.25, 0.3) is 0 Å². The summed E-state index contributed by atoms with van der Waals surface area (Å²) in [6.07, 6.45) is -0.488. The Bertz CT molecular complexity index is 1890. The van der Waals surface area contributed by atoms with Crippen LogP contribution in [0.4, 0.5) is 21.0 Å². The molecule has 4 aromatic rings. The third kappa shape index (κ3) is 9.67. The first-order chi connectivity index (χ1) is 24.6. The fourth-order valence-electron chi connectivity index (χ4n) is 6.38. The van der Waals surface area contributed by atoms with Gasteiger partial charge in [-0.15, -0.1) is 0 Å². The predicted molar refractivity (Wildman–Crippen MR) is 212 cm³/mol. The summed E-state index contributed by atoms with van der Waals surface area (Å²) < 4.78 is 17.2. The predicted octanol–water partition coefficient (Wildman–Crippen LogP) is 8.73. The number of benzene rings is 4. The lowest BCUT2D eigenvalue weighted by molar-refractivity contribution is 0.0230. The van der Waals surface area contributed by atoms with Crippen molar-refractivity contribution in [2.24, 2.45) is 0 Å². The molecule has 2 amide bonds. The van der Waals surface area contributed by atoms with Gasteiger partial charge in [0.15, 0.2) is 0 Å². The lowest BCUT2D eigenvalue weighted by atomic mass is 10.0. The highest BCUT2D eigenvalue weighted by atomic mass is 79.9. The van der Waals surface area contributed by atoms with Gasteiger partial charge in [0.05, 0.1) is 12.2 Å². The normalized spacial score (nSPS) is 15.2. The monoisotopic (exact) mass is 774 g/mol. The van der Waals surface area contributed by atoms with Gasteiger partial charge in [0, 0.05) is 79.0 Å². The molecule has 4 aromatic carbocycles. The first-order valence-corrected chi connectivity index (χ1v) is 18.8. The molecule has 11 heteroatoms. The van der Waals surface area contributed by atoms with Crippen LogP contribution in [-0.4, -0.2) is 98.1 Å². The molecule has 2 heterocycles. The van der Waals surface area contributed by atoms with Crippen LogP contribution >= 0.6 is 15.9 Å². The van der Waals surface area contributed by atoms with Crippen LogP contribution in [0.3, 0.4) is 0 Å². The molecule has 0 atom stereocenters. The van der Waals surface area contributed by atoms with E-state index >= 15 is 0 Å². The fourth-order valence-corrected chi connectivity index (χ4v) is 6.86. The molecule has 2 saturated heterocycles. The topological polar surface area (TPSA) is 91.9 Å². The first-order valence-electron chi connectivity index (χ1n) is 18.0. The second-order valence-electron chi connectivity index (χ2n) is 14.9. The van der Waals surface area contributed by atoms with Crippen LogP contribution in [0.5, 0.6) is 0 Å². The van der Waals surface area contributed by atoms with Crippen LogP contribution in [0.15, 0.2) is 77.3 Å². The second-order valence-corrected chi connectivity index (χ2v) is 15.8. The van der Waals surface area contributed by atoms with E-state index in [1.165, 1.54) is 16.5 Å². The van der Waals surface area contributed by atoms with Crippen LogP contribution < -0.4 is 9.80 Å². The summed E-state index contributed by atoms with van der Waals surface area (Å²) in [4.78, 5) is 44.9. The van der Waals surface area contributed by atoms with Gasteiger partial charge in [-0.3, -0.25) is 0 Å². The molecule has 6 rings (SSSR count). The molecular formula is C41H51BrN4O6. The Morgan fingerprint density at radius 3 is 1.42 bits per heavy atom. The highest BCUT2D eigenvalue weighted by molar-refractivity contribution is 9.10. The smallest absolute Gasteiger partial charge is 0.410 e. The minimum atomic E-state index is -0.493. The zero-order chi connectivity index (χ0) is 37.6. The van der Waals surface area contributed by atoms with Gasteiger partial charge in [-0.05, 0) is 83.5 Å². The summed E-state index contributed by atoms with van der Waals surface area (Å²) in [6, 6.07) is 24.3. The fraction of sp³-hybridized carbons (Fsp3) is 0.439. The molecule has 0 bridgehead atoms. The maximum atomic E-state index is 12.3. The van der Waals surface area contributed by atoms with Crippen LogP contribution in [0, 0.1) is 0 Å². The van der Waals surface area contributed by atoms with E-state index in [4.69, 9.17) is 14.2 Å². The van der Waals surface area contributed by atoms with Gasteiger partial charge in [0.2, 0.25) is 0 Å². The van der Waals surface area contributed by atoms with Gasteiger partial charge in [-0.25, -0.2) is 14.4 Å². The summed E-state index contributed by atoms with van der Waals surface area (Å²) >= 11 is 3.62. The van der Waals surface area contributed by atoms with Crippen molar-refractivity contribution in [2.75, 3.05) is 68.8 Å². The summed E-state index contributed by atoms with van der Waals surface area (Å²) in [6.45, 7) is 19.1. The van der Waals surface area contributed by atoms with E-state index in [0.29, 0.717) is 51.4 Å². The standard InChI is InChI=1S/C22H28N2O4.C19H23BrN2O2/c1-5-27-20(25)18-10-11-19(17-9-7-6-8-16(17)18)23-12-14-24(15-13-23)21(26)28-22(2,3)4;1-19(2,3)24-18(23)22-12-10-21(11-13-22)17-9-8-16(20)14-6-4-5-7-15(14)17/h6-11H,5,12-15H2,1-4H3;4-9H,10-13H2,1-3H3. The van der Waals surface area contributed by atoms with E-state index in [1.54, 1.807) is 16.7 Å². The number of carbonyl (C=O) groups excluding carboxylic acids is 3. The minimum absolute atomic E-state index is 0.220. The number of rotatable bonds is 4. The molecule has 10 nitrogen and oxygen atoms in total. The average molecular weight is 776 g/mol. The summed E-state index contributed by atoms with van der Waals surface area (Å²) in [5, 5.41) is 4.34. The van der Waals surface area contributed by atoms with E-state index in [-0.39, 0.29) is 18.2 Å². The number of fused-ring (bicyclic) bond motifs is 2. The number of piperazine rings is 2. The molecule has 2 aliphatic rings. The van der Waals surface area contributed by atoms with Crippen molar-refractivity contribution < 1.29 is 28.6 Å². The lowest BCUT2D eigenvalue weighted by Gasteiger charge is -2.37. The van der Waals surface area contributed by atoms with Crippen molar-refractivity contribution in [3.63, 3.8) is 0 Å². The molecule has 0 radical (unpaired) electrons. The Labute approximate surface area is 315 Å². The molecule has 0 aliphatic carbocycles. The minimum Gasteiger partial charge on any atom is -0.462 e. The molecule has 0 spiro atoms. The zero-order valence-electron chi connectivity index (χ0n) is 31.4.